The third kappa shape index (κ3) is 1.80. The summed E-state index contributed by atoms with van der Waals surface area (Å²) in [6.07, 6.45) is 0.0352. The molecule has 0 aliphatic carbocycles. The summed E-state index contributed by atoms with van der Waals surface area (Å²) < 4.78 is 0. The van der Waals surface area contributed by atoms with Crippen molar-refractivity contribution in [3.63, 3.8) is 0 Å². The van der Waals surface area contributed by atoms with Crippen molar-refractivity contribution in [2.24, 2.45) is 5.73 Å². The van der Waals surface area contributed by atoms with Crippen molar-refractivity contribution < 1.29 is 25.0 Å². The summed E-state index contributed by atoms with van der Waals surface area (Å²) in [4.78, 5) is 33.3. The van der Waals surface area contributed by atoms with Gasteiger partial charge in [-0.25, -0.2) is 4.79 Å². The first kappa shape index (κ1) is 9.97. The molecule has 0 aromatic carbocycles. The molecular weight excluding hydrogens is 218 g/mol. The summed E-state index contributed by atoms with van der Waals surface area (Å²) in [5.41, 5.74) is 6.10. The standard InChI is InChI=1S/C8H7N3O3S/c9-4(12)1-3-2-15-7-5(3)6(13)10-8(14)11-7/h2H,1H2,(H2,9,12)(H2,10,11,13,14)/p+2. The average Bonchev–Trinajstić information content (AvgIpc) is 2.46. The minimum Gasteiger partial charge on any atom is -0.369 e. The Kier molecular flexibility index (Phi) is 2.35. The van der Waals surface area contributed by atoms with Crippen LogP contribution in [0.5, 0.6) is 0 Å². The van der Waals surface area contributed by atoms with E-state index in [0.29, 0.717) is 16.1 Å². The van der Waals surface area contributed by atoms with E-state index in [2.05, 4.69) is 0 Å². The topological polar surface area (TPSA) is 110 Å². The number of imide groups is 1. The second-order valence-electron chi connectivity index (χ2n) is 3.20. The molecular formula is C8H9N3O3S+2. The van der Waals surface area contributed by atoms with Crippen LogP contribution in [-0.4, -0.2) is 17.8 Å². The molecule has 7 heteroatoms. The molecule has 0 spiro atoms. The molecule has 0 saturated heterocycles. The first-order valence-electron chi connectivity index (χ1n) is 4.24. The van der Waals surface area contributed by atoms with Crippen LogP contribution in [0.15, 0.2) is 5.38 Å². The van der Waals surface area contributed by atoms with E-state index >= 15 is 0 Å². The number of hydrogen-bond acceptors (Lipinski definition) is 4. The smallest absolute Gasteiger partial charge is 0.369 e. The fourth-order valence-corrected chi connectivity index (χ4v) is 2.49. The zero-order valence-corrected chi connectivity index (χ0v) is 8.47. The quantitative estimate of drug-likeness (QED) is 0.533. The number of carbonyl (C=O) groups is 3. The Bertz CT molecular complexity index is 466. The molecule has 2 heterocycles. The van der Waals surface area contributed by atoms with E-state index in [4.69, 9.17) is 5.73 Å². The summed E-state index contributed by atoms with van der Waals surface area (Å²) in [6, 6.07) is -0.306. The average molecular weight is 227 g/mol. The number of nitrogens with two attached hydrogens (primary N) is 3. The van der Waals surface area contributed by atoms with E-state index in [0.717, 1.165) is 5.32 Å². The summed E-state index contributed by atoms with van der Waals surface area (Å²) >= 11 is 1.28. The Hall–Kier alpha value is -1.57. The Morgan fingerprint density at radius 2 is 2.13 bits per heavy atom. The van der Waals surface area contributed by atoms with Crippen LogP contribution >= 0.6 is 11.3 Å². The summed E-state index contributed by atoms with van der Waals surface area (Å²) in [5, 5.41) is 4.73. The monoisotopic (exact) mass is 227 g/mol. The number of carbonyl (C=O) groups excluding carboxylic acids is 3. The lowest BCUT2D eigenvalue weighted by Gasteiger charge is -2.04. The molecule has 0 atom stereocenters. The highest BCUT2D eigenvalue weighted by molar-refractivity contribution is 7.14. The normalized spacial score (nSPS) is 15.2. The maximum atomic E-state index is 11.5. The van der Waals surface area contributed by atoms with Crippen molar-refractivity contribution in [1.82, 2.24) is 0 Å². The predicted octanol–water partition coefficient (Wildman–Crippen LogP) is -2.19. The number of fused-ring (bicyclic) bond motifs is 1. The Labute approximate surface area is 88.4 Å². The summed E-state index contributed by atoms with van der Waals surface area (Å²) in [6.45, 7) is 0. The van der Waals surface area contributed by atoms with E-state index in [1.165, 1.54) is 16.7 Å². The number of rotatable bonds is 2. The van der Waals surface area contributed by atoms with Crippen LogP contribution in [0.3, 0.4) is 0 Å². The van der Waals surface area contributed by atoms with Gasteiger partial charge in [-0.3, -0.25) is 4.79 Å². The second-order valence-corrected chi connectivity index (χ2v) is 4.11. The van der Waals surface area contributed by atoms with Crippen molar-refractivity contribution in [2.45, 2.75) is 6.42 Å². The maximum absolute atomic E-state index is 11.5. The molecule has 6 N–H and O–H groups in total. The molecule has 2 rings (SSSR count). The van der Waals surface area contributed by atoms with Crippen LogP contribution in [0.4, 0.5) is 9.80 Å². The van der Waals surface area contributed by atoms with Gasteiger partial charge in [-0.15, -0.1) is 0 Å². The third-order valence-electron chi connectivity index (χ3n) is 2.05. The molecule has 1 aliphatic heterocycles. The minimum absolute atomic E-state index is 0.0352. The second kappa shape index (κ2) is 3.54. The van der Waals surface area contributed by atoms with Crippen LogP contribution in [0.1, 0.15) is 15.9 Å². The van der Waals surface area contributed by atoms with E-state index in [-0.39, 0.29) is 18.4 Å². The van der Waals surface area contributed by atoms with E-state index < -0.39 is 5.91 Å². The lowest BCUT2D eigenvalue weighted by atomic mass is 10.1. The van der Waals surface area contributed by atoms with Gasteiger partial charge in [0.05, 0.1) is 6.42 Å². The molecule has 6 nitrogen and oxygen atoms in total. The van der Waals surface area contributed by atoms with Crippen LogP contribution in [-0.2, 0) is 11.2 Å². The van der Waals surface area contributed by atoms with Gasteiger partial charge < -0.3 is 5.73 Å². The predicted molar refractivity (Wildman–Crippen MR) is 50.5 cm³/mol. The zero-order valence-electron chi connectivity index (χ0n) is 7.65. The van der Waals surface area contributed by atoms with Crippen molar-refractivity contribution >= 4 is 34.2 Å². The molecule has 1 aromatic rings. The number of urea groups is 1. The van der Waals surface area contributed by atoms with Crippen LogP contribution < -0.4 is 16.4 Å². The van der Waals surface area contributed by atoms with Gasteiger partial charge in [-0.1, -0.05) is 11.3 Å². The number of primary amides is 4. The fourth-order valence-electron chi connectivity index (χ4n) is 1.49. The van der Waals surface area contributed by atoms with Crippen LogP contribution in [0, 0.1) is 0 Å². The van der Waals surface area contributed by atoms with Crippen LogP contribution in [0.25, 0.3) is 0 Å². The third-order valence-corrected chi connectivity index (χ3v) is 3.03. The van der Waals surface area contributed by atoms with Crippen molar-refractivity contribution in [2.75, 3.05) is 0 Å². The van der Waals surface area contributed by atoms with Gasteiger partial charge in [0.1, 0.15) is 0 Å². The van der Waals surface area contributed by atoms with Crippen LogP contribution in [0.2, 0.25) is 0 Å². The van der Waals surface area contributed by atoms with Crippen molar-refractivity contribution in [3.8, 4) is 0 Å². The van der Waals surface area contributed by atoms with Crippen molar-refractivity contribution in [1.29, 1.82) is 0 Å². The lowest BCUT2D eigenvalue weighted by Crippen LogP contribution is -3.11. The molecule has 0 bridgehead atoms. The van der Waals surface area contributed by atoms with Gasteiger partial charge in [0.2, 0.25) is 10.9 Å². The molecule has 1 aromatic heterocycles. The highest BCUT2D eigenvalue weighted by Gasteiger charge is 2.35. The molecule has 0 unspecified atom stereocenters. The number of quaternary nitrogens is 2. The van der Waals surface area contributed by atoms with Gasteiger partial charge in [0, 0.05) is 5.38 Å². The number of thiophene rings is 1. The first-order valence-corrected chi connectivity index (χ1v) is 5.12. The largest absolute Gasteiger partial charge is 0.521 e. The molecule has 0 fully saturated rings. The Morgan fingerprint density at radius 1 is 1.40 bits per heavy atom. The molecule has 0 radical (unpaired) electrons. The first-order chi connectivity index (χ1) is 7.08. The zero-order chi connectivity index (χ0) is 11.0. The number of amides is 4. The fraction of sp³-hybridized carbons (Fsp3) is 0.125. The van der Waals surface area contributed by atoms with Gasteiger partial charge in [-0.05, 0) is 5.56 Å². The minimum atomic E-state index is -0.486. The highest BCUT2D eigenvalue weighted by Crippen LogP contribution is 2.24. The SMILES string of the molecule is NC(=O)Cc1csc2c1C(=O)[NH2+]C(=O)[NH2+]2. The lowest BCUT2D eigenvalue weighted by molar-refractivity contribution is -0.617. The molecule has 15 heavy (non-hydrogen) atoms. The van der Waals surface area contributed by atoms with Gasteiger partial charge >= 0.3 is 11.9 Å². The van der Waals surface area contributed by atoms with Gasteiger partial charge in [0.15, 0.2) is 5.56 Å². The summed E-state index contributed by atoms with van der Waals surface area (Å²) in [5.74, 6) is -0.824. The Morgan fingerprint density at radius 3 is 2.80 bits per heavy atom. The van der Waals surface area contributed by atoms with Gasteiger partial charge in [0.25, 0.3) is 0 Å². The maximum Gasteiger partial charge on any atom is 0.521 e. The molecule has 78 valence electrons. The van der Waals surface area contributed by atoms with E-state index in [1.54, 1.807) is 5.38 Å². The van der Waals surface area contributed by atoms with Crippen molar-refractivity contribution in [3.05, 3.63) is 16.5 Å². The molecule has 4 amide bonds. The number of hydrogen-bond donors (Lipinski definition) is 3. The van der Waals surface area contributed by atoms with E-state index in [9.17, 15) is 14.4 Å². The van der Waals surface area contributed by atoms with E-state index in [1.807, 2.05) is 0 Å². The highest BCUT2D eigenvalue weighted by atomic mass is 32.1. The summed E-state index contributed by atoms with van der Waals surface area (Å²) in [7, 11) is 0. The molecule has 1 aliphatic rings. The molecule has 0 saturated carbocycles. The Balaban J connectivity index is 2.41. The van der Waals surface area contributed by atoms with Gasteiger partial charge in [-0.2, -0.15) is 15.4 Å².